The first-order valence-electron chi connectivity index (χ1n) is 4.28. The van der Waals surface area contributed by atoms with Gasteiger partial charge in [-0.05, 0) is 24.6 Å². The molecule has 3 heteroatoms. The maximum atomic E-state index is 11.8. The molecule has 0 aliphatic heterocycles. The number of benzene rings is 1. The Morgan fingerprint density at radius 2 is 2.31 bits per heavy atom. The third-order valence-corrected chi connectivity index (χ3v) is 1.73. The molecule has 0 unspecified atom stereocenters. The number of nitrogens with two attached hydrogens (primary N) is 1. The third kappa shape index (κ3) is 3.03. The van der Waals surface area contributed by atoms with Crippen LogP contribution in [0.5, 0.6) is 5.75 Å². The molecule has 0 aliphatic rings. The van der Waals surface area contributed by atoms with E-state index in [1.165, 1.54) is 0 Å². The standard InChI is InChI=1S/C10H14FNO/c1-8(12)9-3-2-4-10(7-9)13-6-5-11/h2-4,7-8H,5-6,12H2,1H3/t8-/m0/s1. The molecule has 0 spiro atoms. The van der Waals surface area contributed by atoms with Gasteiger partial charge in [0.1, 0.15) is 19.0 Å². The van der Waals surface area contributed by atoms with Crippen LogP contribution in [0.1, 0.15) is 18.5 Å². The van der Waals surface area contributed by atoms with E-state index in [1.54, 1.807) is 6.07 Å². The minimum atomic E-state index is -0.470. The Hall–Kier alpha value is -1.09. The summed E-state index contributed by atoms with van der Waals surface area (Å²) in [6.07, 6.45) is 0. The summed E-state index contributed by atoms with van der Waals surface area (Å²) >= 11 is 0. The number of halogens is 1. The van der Waals surface area contributed by atoms with Crippen molar-refractivity contribution in [1.29, 1.82) is 0 Å². The summed E-state index contributed by atoms with van der Waals surface area (Å²) in [4.78, 5) is 0. The van der Waals surface area contributed by atoms with E-state index in [-0.39, 0.29) is 12.6 Å². The molecule has 0 fully saturated rings. The highest BCUT2D eigenvalue weighted by atomic mass is 19.1. The zero-order valence-corrected chi connectivity index (χ0v) is 7.66. The van der Waals surface area contributed by atoms with Crippen molar-refractivity contribution in [2.24, 2.45) is 5.73 Å². The molecule has 13 heavy (non-hydrogen) atoms. The lowest BCUT2D eigenvalue weighted by Crippen LogP contribution is -2.05. The summed E-state index contributed by atoms with van der Waals surface area (Å²) < 4.78 is 16.9. The van der Waals surface area contributed by atoms with Crippen molar-refractivity contribution in [3.05, 3.63) is 29.8 Å². The molecule has 2 N–H and O–H groups in total. The van der Waals surface area contributed by atoms with Crippen LogP contribution in [0.3, 0.4) is 0 Å². The van der Waals surface area contributed by atoms with E-state index >= 15 is 0 Å². The number of hydrogen-bond donors (Lipinski definition) is 1. The Kier molecular flexibility index (Phi) is 3.71. The first kappa shape index (κ1) is 9.99. The van der Waals surface area contributed by atoms with Crippen molar-refractivity contribution in [2.45, 2.75) is 13.0 Å². The van der Waals surface area contributed by atoms with Crippen LogP contribution in [0, 0.1) is 0 Å². The van der Waals surface area contributed by atoms with Crippen LogP contribution in [-0.4, -0.2) is 13.3 Å². The molecule has 1 atom stereocenters. The highest BCUT2D eigenvalue weighted by Gasteiger charge is 2.00. The summed E-state index contributed by atoms with van der Waals surface area (Å²) in [6.45, 7) is 1.53. The van der Waals surface area contributed by atoms with Crippen molar-refractivity contribution in [3.8, 4) is 5.75 Å². The highest BCUT2D eigenvalue weighted by molar-refractivity contribution is 5.30. The van der Waals surface area contributed by atoms with Crippen LogP contribution in [-0.2, 0) is 0 Å². The van der Waals surface area contributed by atoms with E-state index < -0.39 is 6.67 Å². The zero-order valence-electron chi connectivity index (χ0n) is 7.66. The molecule has 0 aromatic heterocycles. The summed E-state index contributed by atoms with van der Waals surface area (Å²) in [5.74, 6) is 0.674. The second-order valence-corrected chi connectivity index (χ2v) is 2.90. The van der Waals surface area contributed by atoms with Gasteiger partial charge in [0.2, 0.25) is 0 Å². The van der Waals surface area contributed by atoms with Crippen LogP contribution in [0.25, 0.3) is 0 Å². The zero-order chi connectivity index (χ0) is 9.68. The van der Waals surface area contributed by atoms with Crippen LogP contribution in [0.2, 0.25) is 0 Å². The SMILES string of the molecule is C[C@H](N)c1cccc(OCCF)c1. The molecule has 72 valence electrons. The van der Waals surface area contributed by atoms with Gasteiger partial charge in [-0.2, -0.15) is 0 Å². The topological polar surface area (TPSA) is 35.2 Å². The van der Waals surface area contributed by atoms with Crippen molar-refractivity contribution in [3.63, 3.8) is 0 Å². The van der Waals surface area contributed by atoms with Gasteiger partial charge in [-0.3, -0.25) is 0 Å². The van der Waals surface area contributed by atoms with Gasteiger partial charge in [0, 0.05) is 6.04 Å². The molecule has 1 aromatic carbocycles. The molecule has 0 amide bonds. The molecular weight excluding hydrogens is 169 g/mol. The smallest absolute Gasteiger partial charge is 0.123 e. The monoisotopic (exact) mass is 183 g/mol. The predicted molar refractivity (Wildman–Crippen MR) is 50.5 cm³/mol. The van der Waals surface area contributed by atoms with Crippen molar-refractivity contribution >= 4 is 0 Å². The molecular formula is C10H14FNO. The van der Waals surface area contributed by atoms with Gasteiger partial charge in [0.15, 0.2) is 0 Å². The second-order valence-electron chi connectivity index (χ2n) is 2.90. The maximum Gasteiger partial charge on any atom is 0.123 e. The van der Waals surface area contributed by atoms with Crippen LogP contribution in [0.15, 0.2) is 24.3 Å². The first-order chi connectivity index (χ1) is 6.24. The maximum absolute atomic E-state index is 11.8. The van der Waals surface area contributed by atoms with Crippen LogP contribution < -0.4 is 10.5 Å². The van der Waals surface area contributed by atoms with E-state index in [2.05, 4.69) is 0 Å². The molecule has 0 bridgehead atoms. The minimum Gasteiger partial charge on any atom is -0.491 e. The third-order valence-electron chi connectivity index (χ3n) is 1.73. The largest absolute Gasteiger partial charge is 0.491 e. The molecule has 1 aromatic rings. The Morgan fingerprint density at radius 3 is 2.92 bits per heavy atom. The number of alkyl halides is 1. The highest BCUT2D eigenvalue weighted by Crippen LogP contribution is 2.17. The van der Waals surface area contributed by atoms with Crippen molar-refractivity contribution < 1.29 is 9.13 Å². The van der Waals surface area contributed by atoms with Crippen LogP contribution >= 0.6 is 0 Å². The minimum absolute atomic E-state index is 0.0195. The molecule has 0 saturated heterocycles. The van der Waals surface area contributed by atoms with Gasteiger partial charge >= 0.3 is 0 Å². The Morgan fingerprint density at radius 1 is 1.54 bits per heavy atom. The molecule has 0 saturated carbocycles. The number of ether oxygens (including phenoxy) is 1. The van der Waals surface area contributed by atoms with Crippen molar-refractivity contribution in [2.75, 3.05) is 13.3 Å². The first-order valence-corrected chi connectivity index (χ1v) is 4.28. The molecule has 0 aliphatic carbocycles. The van der Waals surface area contributed by atoms with E-state index in [0.717, 1.165) is 5.56 Å². The average Bonchev–Trinajstić information content (AvgIpc) is 2.15. The number of rotatable bonds is 4. The summed E-state index contributed by atoms with van der Waals surface area (Å²) in [7, 11) is 0. The Balaban J connectivity index is 2.68. The quantitative estimate of drug-likeness (QED) is 0.775. The van der Waals surface area contributed by atoms with Crippen molar-refractivity contribution in [1.82, 2.24) is 0 Å². The lowest BCUT2D eigenvalue weighted by molar-refractivity contribution is 0.273. The van der Waals surface area contributed by atoms with Gasteiger partial charge in [0.05, 0.1) is 0 Å². The van der Waals surface area contributed by atoms with E-state index in [1.807, 2.05) is 25.1 Å². The number of hydrogen-bond acceptors (Lipinski definition) is 2. The average molecular weight is 183 g/mol. The molecule has 0 heterocycles. The second kappa shape index (κ2) is 4.82. The lowest BCUT2D eigenvalue weighted by atomic mass is 10.1. The van der Waals surface area contributed by atoms with Gasteiger partial charge in [0.25, 0.3) is 0 Å². The van der Waals surface area contributed by atoms with Gasteiger partial charge in [-0.1, -0.05) is 12.1 Å². The van der Waals surface area contributed by atoms with E-state index in [4.69, 9.17) is 10.5 Å². The summed E-state index contributed by atoms with van der Waals surface area (Å²) in [5.41, 5.74) is 6.68. The Bertz CT molecular complexity index is 263. The van der Waals surface area contributed by atoms with E-state index in [9.17, 15) is 4.39 Å². The summed E-state index contributed by atoms with van der Waals surface area (Å²) in [5, 5.41) is 0. The fourth-order valence-corrected chi connectivity index (χ4v) is 1.04. The predicted octanol–water partition coefficient (Wildman–Crippen LogP) is 2.05. The molecule has 1 rings (SSSR count). The molecule has 2 nitrogen and oxygen atoms in total. The lowest BCUT2D eigenvalue weighted by Gasteiger charge is -2.08. The summed E-state index contributed by atoms with van der Waals surface area (Å²) in [6, 6.07) is 7.38. The van der Waals surface area contributed by atoms with Gasteiger partial charge < -0.3 is 10.5 Å². The fourth-order valence-electron chi connectivity index (χ4n) is 1.04. The Labute approximate surface area is 77.5 Å². The van der Waals surface area contributed by atoms with E-state index in [0.29, 0.717) is 5.75 Å². The fraction of sp³-hybridized carbons (Fsp3) is 0.400. The normalized spacial score (nSPS) is 12.5. The van der Waals surface area contributed by atoms with Gasteiger partial charge in [-0.25, -0.2) is 4.39 Å². The van der Waals surface area contributed by atoms with Crippen LogP contribution in [0.4, 0.5) is 4.39 Å². The molecule has 0 radical (unpaired) electrons. The van der Waals surface area contributed by atoms with Gasteiger partial charge in [-0.15, -0.1) is 0 Å².